The second kappa shape index (κ2) is 10.9. The molecular weight excluding hydrogens is 388 g/mol. The number of hydrogen-bond donors (Lipinski definition) is 1. The average molecular weight is 416 g/mol. The Hall–Kier alpha value is -3.42. The fraction of sp³-hybridized carbons (Fsp3) is 0.364. The maximum absolute atomic E-state index is 12.9. The van der Waals surface area contributed by atoms with Crippen LogP contribution >= 0.6 is 0 Å². The predicted molar refractivity (Wildman–Crippen MR) is 114 cm³/mol. The highest BCUT2D eigenvalue weighted by Crippen LogP contribution is 2.40. The quantitative estimate of drug-likeness (QED) is 0.641. The Kier molecular flexibility index (Phi) is 8.34. The molecular formula is C22H28N2O6. The summed E-state index contributed by atoms with van der Waals surface area (Å²) in [4.78, 5) is 26.8. The summed E-state index contributed by atoms with van der Waals surface area (Å²) in [7, 11) is 6.10. The van der Waals surface area contributed by atoms with Crippen molar-refractivity contribution in [3.63, 3.8) is 0 Å². The fourth-order valence-electron chi connectivity index (χ4n) is 3.03. The number of ether oxygens (including phenoxy) is 4. The normalized spacial score (nSPS) is 10.2. The molecule has 2 aromatic carbocycles. The van der Waals surface area contributed by atoms with E-state index in [9.17, 15) is 9.59 Å². The van der Waals surface area contributed by atoms with Crippen LogP contribution in [0.2, 0.25) is 0 Å². The Labute approximate surface area is 176 Å². The van der Waals surface area contributed by atoms with Crippen molar-refractivity contribution >= 4 is 17.5 Å². The molecule has 0 fully saturated rings. The second-order valence-electron chi connectivity index (χ2n) is 6.36. The molecule has 0 saturated heterocycles. The molecule has 0 aliphatic rings. The summed E-state index contributed by atoms with van der Waals surface area (Å²) >= 11 is 0. The molecule has 30 heavy (non-hydrogen) atoms. The minimum atomic E-state index is -0.294. The molecule has 0 saturated carbocycles. The molecule has 0 bridgehead atoms. The van der Waals surface area contributed by atoms with E-state index in [1.807, 2.05) is 6.92 Å². The number of carbonyl (C=O) groups is 2. The first-order chi connectivity index (χ1) is 14.5. The number of nitrogens with zero attached hydrogens (tertiary/aromatic N) is 1. The van der Waals surface area contributed by atoms with Crippen molar-refractivity contribution in [3.8, 4) is 23.0 Å². The minimum absolute atomic E-state index is 0.0593. The Morgan fingerprint density at radius 3 is 2.27 bits per heavy atom. The molecule has 0 heterocycles. The van der Waals surface area contributed by atoms with Gasteiger partial charge in [0.1, 0.15) is 5.75 Å². The van der Waals surface area contributed by atoms with Gasteiger partial charge in [0.05, 0.1) is 41.4 Å². The van der Waals surface area contributed by atoms with E-state index in [4.69, 9.17) is 18.9 Å². The first kappa shape index (κ1) is 22.9. The van der Waals surface area contributed by atoms with E-state index in [-0.39, 0.29) is 24.8 Å². The molecule has 8 heteroatoms. The highest BCUT2D eigenvalue weighted by Gasteiger charge is 2.21. The Morgan fingerprint density at radius 2 is 1.67 bits per heavy atom. The van der Waals surface area contributed by atoms with Crippen LogP contribution in [-0.2, 0) is 16.0 Å². The Morgan fingerprint density at radius 1 is 0.933 bits per heavy atom. The molecule has 0 aromatic heterocycles. The number of benzene rings is 2. The lowest BCUT2D eigenvalue weighted by molar-refractivity contribution is -0.133. The highest BCUT2D eigenvalue weighted by atomic mass is 16.5. The molecule has 0 radical (unpaired) electrons. The fourth-order valence-corrected chi connectivity index (χ4v) is 3.03. The zero-order valence-electron chi connectivity index (χ0n) is 18.0. The van der Waals surface area contributed by atoms with E-state index in [0.717, 1.165) is 0 Å². The van der Waals surface area contributed by atoms with E-state index in [2.05, 4.69) is 5.32 Å². The van der Waals surface area contributed by atoms with E-state index >= 15 is 0 Å². The van der Waals surface area contributed by atoms with E-state index in [1.165, 1.54) is 26.2 Å². The number of methoxy groups -OCH3 is 4. The first-order valence-electron chi connectivity index (χ1n) is 9.46. The number of nitrogens with one attached hydrogen (secondary N) is 1. The van der Waals surface area contributed by atoms with Gasteiger partial charge in [0.25, 0.3) is 0 Å². The predicted octanol–water partition coefficient (Wildman–Crippen LogP) is 2.75. The van der Waals surface area contributed by atoms with Crippen molar-refractivity contribution in [2.45, 2.75) is 13.3 Å². The van der Waals surface area contributed by atoms with E-state index in [0.29, 0.717) is 40.8 Å². The van der Waals surface area contributed by atoms with Crippen LogP contribution in [0.5, 0.6) is 23.0 Å². The number of likely N-dealkylation sites (N-methyl/N-ethyl adjacent to an activating group) is 1. The summed E-state index contributed by atoms with van der Waals surface area (Å²) in [5.74, 6) is 1.50. The van der Waals surface area contributed by atoms with Crippen molar-refractivity contribution in [1.29, 1.82) is 0 Å². The molecule has 2 amide bonds. The molecule has 8 nitrogen and oxygen atoms in total. The van der Waals surface area contributed by atoms with Gasteiger partial charge in [0.2, 0.25) is 17.6 Å². The maximum Gasteiger partial charge on any atom is 0.243 e. The number of anilines is 1. The van der Waals surface area contributed by atoms with Crippen molar-refractivity contribution in [2.75, 3.05) is 46.8 Å². The van der Waals surface area contributed by atoms with Crippen molar-refractivity contribution in [1.82, 2.24) is 4.90 Å². The zero-order chi connectivity index (χ0) is 22.1. The van der Waals surface area contributed by atoms with Gasteiger partial charge in [0, 0.05) is 23.9 Å². The van der Waals surface area contributed by atoms with Gasteiger partial charge in [-0.1, -0.05) is 12.1 Å². The molecule has 162 valence electrons. The van der Waals surface area contributed by atoms with Crippen LogP contribution in [0.25, 0.3) is 0 Å². The van der Waals surface area contributed by atoms with Gasteiger partial charge in [-0.3, -0.25) is 9.59 Å². The summed E-state index contributed by atoms with van der Waals surface area (Å²) < 4.78 is 21.2. The van der Waals surface area contributed by atoms with Crippen molar-refractivity contribution < 1.29 is 28.5 Å². The van der Waals surface area contributed by atoms with Crippen LogP contribution in [0.1, 0.15) is 12.5 Å². The lowest BCUT2D eigenvalue weighted by atomic mass is 10.1. The summed E-state index contributed by atoms with van der Waals surface area (Å²) in [5, 5.41) is 2.78. The van der Waals surface area contributed by atoms with Crippen LogP contribution in [0.4, 0.5) is 5.69 Å². The number of carbonyl (C=O) groups excluding carboxylic acids is 2. The van der Waals surface area contributed by atoms with Gasteiger partial charge in [-0.2, -0.15) is 0 Å². The van der Waals surface area contributed by atoms with E-state index < -0.39 is 0 Å². The third-order valence-corrected chi connectivity index (χ3v) is 4.55. The first-order valence-corrected chi connectivity index (χ1v) is 9.46. The molecule has 2 aromatic rings. The monoisotopic (exact) mass is 416 g/mol. The molecule has 0 aliphatic heterocycles. The molecule has 2 rings (SSSR count). The van der Waals surface area contributed by atoms with Crippen molar-refractivity contribution in [2.24, 2.45) is 0 Å². The van der Waals surface area contributed by atoms with Crippen LogP contribution in [-0.4, -0.2) is 58.2 Å². The van der Waals surface area contributed by atoms with Crippen LogP contribution < -0.4 is 24.3 Å². The lowest BCUT2D eigenvalue weighted by Gasteiger charge is -2.22. The standard InChI is InChI=1S/C22H28N2O6/c1-6-24(14-19(25)23-16-8-7-9-17(13-16)27-2)20(26)12-15-10-11-18(28-3)22(30-5)21(15)29-4/h7-11,13H,6,12,14H2,1-5H3,(H,23,25). The molecule has 0 aliphatic carbocycles. The van der Waals surface area contributed by atoms with Crippen LogP contribution in [0.15, 0.2) is 36.4 Å². The third-order valence-electron chi connectivity index (χ3n) is 4.55. The molecule has 1 N–H and O–H groups in total. The molecule has 0 unspecified atom stereocenters. The van der Waals surface area contributed by atoms with Gasteiger partial charge in [-0.05, 0) is 25.1 Å². The zero-order valence-corrected chi connectivity index (χ0v) is 18.0. The van der Waals surface area contributed by atoms with Gasteiger partial charge < -0.3 is 29.2 Å². The number of rotatable bonds is 10. The molecule has 0 spiro atoms. The number of hydrogen-bond acceptors (Lipinski definition) is 6. The highest BCUT2D eigenvalue weighted by molar-refractivity contribution is 5.95. The topological polar surface area (TPSA) is 86.3 Å². The Balaban J connectivity index is 2.10. The smallest absolute Gasteiger partial charge is 0.243 e. The summed E-state index contributed by atoms with van der Waals surface area (Å²) in [5.41, 5.74) is 1.25. The summed E-state index contributed by atoms with van der Waals surface area (Å²) in [6, 6.07) is 10.5. The maximum atomic E-state index is 12.9. The van der Waals surface area contributed by atoms with Gasteiger partial charge in [0.15, 0.2) is 11.5 Å². The lowest BCUT2D eigenvalue weighted by Crippen LogP contribution is -2.38. The Bertz CT molecular complexity index is 884. The van der Waals surface area contributed by atoms with Crippen molar-refractivity contribution in [3.05, 3.63) is 42.0 Å². The third kappa shape index (κ3) is 5.56. The molecule has 0 atom stereocenters. The number of amides is 2. The second-order valence-corrected chi connectivity index (χ2v) is 6.36. The van der Waals surface area contributed by atoms with Crippen LogP contribution in [0.3, 0.4) is 0 Å². The minimum Gasteiger partial charge on any atom is -0.497 e. The summed E-state index contributed by atoms with van der Waals surface area (Å²) in [6.45, 7) is 2.14. The summed E-state index contributed by atoms with van der Waals surface area (Å²) in [6.07, 6.45) is 0.0593. The van der Waals surface area contributed by atoms with Crippen LogP contribution in [0, 0.1) is 0 Å². The average Bonchev–Trinajstić information content (AvgIpc) is 2.76. The van der Waals surface area contributed by atoms with Gasteiger partial charge in [-0.15, -0.1) is 0 Å². The van der Waals surface area contributed by atoms with Gasteiger partial charge in [-0.25, -0.2) is 0 Å². The largest absolute Gasteiger partial charge is 0.497 e. The SMILES string of the molecule is CCN(CC(=O)Nc1cccc(OC)c1)C(=O)Cc1ccc(OC)c(OC)c1OC. The van der Waals surface area contributed by atoms with Gasteiger partial charge >= 0.3 is 0 Å². The van der Waals surface area contributed by atoms with E-state index in [1.54, 1.807) is 43.5 Å².